The van der Waals surface area contributed by atoms with E-state index in [2.05, 4.69) is 0 Å². The van der Waals surface area contributed by atoms with Gasteiger partial charge in [0, 0.05) is 0 Å². The average Bonchev–Trinajstić information content (AvgIpc) is 1.00. The summed E-state index contributed by atoms with van der Waals surface area (Å²) in [6, 6.07) is 0. The minimum absolute atomic E-state index is 0. The van der Waals surface area contributed by atoms with Crippen LogP contribution in [0.15, 0.2) is 0 Å². The summed E-state index contributed by atoms with van der Waals surface area (Å²) in [5.41, 5.74) is 0. The van der Waals surface area contributed by atoms with Crippen molar-refractivity contribution in [2.75, 3.05) is 0 Å². The van der Waals surface area contributed by atoms with Gasteiger partial charge in [-0.15, -0.1) is 0 Å². The van der Waals surface area contributed by atoms with Gasteiger partial charge < -0.3 is 21.9 Å². The summed E-state index contributed by atoms with van der Waals surface area (Å²) < 4.78 is 0. The molecule has 0 aliphatic rings. The molecule has 0 aromatic carbocycles. The third-order valence-electron chi connectivity index (χ3n) is 0. The van der Waals surface area contributed by atoms with Crippen LogP contribution in [0.2, 0.25) is 0 Å². The molecule has 0 radical (unpaired) electrons. The molecular formula is H10ClInO4. The minimum atomic E-state index is 0. The predicted octanol–water partition coefficient (Wildman–Crippen LogP) is -3.53. The van der Waals surface area contributed by atoms with Gasteiger partial charge in [0.25, 0.3) is 0 Å². The van der Waals surface area contributed by atoms with Crippen molar-refractivity contribution in [3.05, 3.63) is 0 Å². The van der Waals surface area contributed by atoms with Crippen molar-refractivity contribution in [2.24, 2.45) is 0 Å². The Morgan fingerprint density at radius 3 is 0.667 bits per heavy atom. The van der Waals surface area contributed by atoms with Crippen molar-refractivity contribution < 1.29 is 21.9 Å². The van der Waals surface area contributed by atoms with Crippen molar-refractivity contribution in [1.29, 1.82) is 0 Å². The number of hydrogen-bond donors (Lipinski definition) is 0. The van der Waals surface area contributed by atoms with Crippen LogP contribution in [-0.2, 0) is 0 Å². The van der Waals surface area contributed by atoms with Gasteiger partial charge in [-0.1, -0.05) is 0 Å². The normalized spacial score (nSPS) is 0.833. The zero-order valence-corrected chi connectivity index (χ0v) is 9.84. The molecular weight excluding hydrogens is 214 g/mol. The van der Waals surface area contributed by atoms with Crippen LogP contribution in [0.5, 0.6) is 0 Å². The molecule has 0 amide bonds. The molecule has 0 aliphatic carbocycles. The van der Waals surface area contributed by atoms with E-state index in [0.29, 0.717) is 23.2 Å². The molecule has 0 rings (SSSR count). The number of halogens is 1. The molecule has 8 N–H and O–H groups in total. The van der Waals surface area contributed by atoms with Crippen LogP contribution < -0.4 is 0 Å². The molecule has 0 unspecified atom stereocenters. The molecule has 0 atom stereocenters. The average molecular weight is 224 g/mol. The second-order valence-corrected chi connectivity index (χ2v) is 0. The zero-order valence-electron chi connectivity index (χ0n) is 3.38. The van der Waals surface area contributed by atoms with Crippen LogP contribution >= 0.6 is 8.58 Å². The maximum atomic E-state index is 4.85. The van der Waals surface area contributed by atoms with E-state index >= 15 is 0 Å². The van der Waals surface area contributed by atoms with Gasteiger partial charge in [-0.2, -0.15) is 0 Å². The summed E-state index contributed by atoms with van der Waals surface area (Å²) >= 11 is 0.422. The fourth-order valence-corrected chi connectivity index (χ4v) is 0. The second-order valence-electron chi connectivity index (χ2n) is 0. The fourth-order valence-electron chi connectivity index (χ4n) is 0. The van der Waals surface area contributed by atoms with E-state index in [1.54, 1.807) is 0 Å². The molecule has 6 heteroatoms. The summed E-state index contributed by atoms with van der Waals surface area (Å²) in [6.07, 6.45) is 0. The van der Waals surface area contributed by atoms with Crippen molar-refractivity contribution in [1.82, 2.24) is 0 Å². The van der Waals surface area contributed by atoms with Crippen LogP contribution in [0.4, 0.5) is 0 Å². The summed E-state index contributed by atoms with van der Waals surface area (Å²) in [4.78, 5) is 0. The van der Waals surface area contributed by atoms with Crippen LogP contribution in [-0.4, -0.2) is 45.1 Å². The molecule has 0 heterocycles. The summed E-state index contributed by atoms with van der Waals surface area (Å²) in [5, 5.41) is 0. The molecule has 6 heavy (non-hydrogen) atoms. The Balaban J connectivity index is -0.000000000833. The third-order valence-corrected chi connectivity index (χ3v) is 0. The molecule has 0 spiro atoms. The van der Waals surface area contributed by atoms with Gasteiger partial charge in [-0.05, 0) is 0 Å². The Bertz CT molecular complexity index is 7.51. The van der Waals surface area contributed by atoms with Crippen LogP contribution in [0, 0.1) is 0 Å². The first kappa shape index (κ1) is 63.0. The van der Waals surface area contributed by atoms with Gasteiger partial charge in [-0.25, -0.2) is 0 Å². The zero-order chi connectivity index (χ0) is 2.00. The first-order chi connectivity index (χ1) is 1.00. The van der Waals surface area contributed by atoms with Gasteiger partial charge >= 0.3 is 31.8 Å². The molecule has 44 valence electrons. The summed E-state index contributed by atoms with van der Waals surface area (Å²) in [6.45, 7) is 0. The van der Waals surface area contributed by atoms with E-state index in [1.165, 1.54) is 0 Å². The first-order valence-electron chi connectivity index (χ1n) is 0.378. The predicted molar refractivity (Wildman–Crippen MR) is 28.9 cm³/mol. The Kier molecular flexibility index (Phi) is 1570. The van der Waals surface area contributed by atoms with Crippen molar-refractivity contribution in [3.8, 4) is 0 Å². The van der Waals surface area contributed by atoms with E-state index in [-0.39, 0.29) is 21.9 Å². The number of rotatable bonds is 0. The molecule has 4 nitrogen and oxygen atoms in total. The molecule has 0 aromatic rings. The van der Waals surface area contributed by atoms with E-state index in [0.717, 1.165) is 0 Å². The SMILES string of the molecule is O.O.O.O.[Cl][InH2]. The summed E-state index contributed by atoms with van der Waals surface area (Å²) in [5.74, 6) is 0. The topological polar surface area (TPSA) is 126 Å². The Morgan fingerprint density at radius 1 is 0.667 bits per heavy atom. The monoisotopic (exact) mass is 224 g/mol. The number of hydrogen-bond acceptors (Lipinski definition) is 0. The Morgan fingerprint density at radius 2 is 0.667 bits per heavy atom. The Hall–Kier alpha value is 1.00. The molecule has 0 saturated carbocycles. The molecule has 0 saturated heterocycles. The molecule has 0 aliphatic heterocycles. The third kappa shape index (κ3) is 80.0. The quantitative estimate of drug-likeness (QED) is 0.404. The first-order valence-corrected chi connectivity index (χ1v) is 7.61. The summed E-state index contributed by atoms with van der Waals surface area (Å²) in [7, 11) is 4.85. The van der Waals surface area contributed by atoms with E-state index in [4.69, 9.17) is 8.58 Å². The van der Waals surface area contributed by atoms with Crippen LogP contribution in [0.25, 0.3) is 0 Å². The van der Waals surface area contributed by atoms with Gasteiger partial charge in [0.15, 0.2) is 0 Å². The van der Waals surface area contributed by atoms with Crippen molar-refractivity contribution in [2.45, 2.75) is 0 Å². The van der Waals surface area contributed by atoms with Gasteiger partial charge in [0.2, 0.25) is 0 Å². The van der Waals surface area contributed by atoms with E-state index in [9.17, 15) is 0 Å². The van der Waals surface area contributed by atoms with Crippen LogP contribution in [0.1, 0.15) is 0 Å². The van der Waals surface area contributed by atoms with Crippen molar-refractivity contribution >= 4 is 31.8 Å². The Labute approximate surface area is 53.9 Å². The van der Waals surface area contributed by atoms with Gasteiger partial charge in [-0.3, -0.25) is 0 Å². The van der Waals surface area contributed by atoms with E-state index in [1.807, 2.05) is 0 Å². The second kappa shape index (κ2) is 150. The van der Waals surface area contributed by atoms with Crippen molar-refractivity contribution in [3.63, 3.8) is 0 Å². The molecule has 0 aromatic heterocycles. The fraction of sp³-hybridized carbons (Fsp3) is 0. The maximum absolute atomic E-state index is 4.85. The van der Waals surface area contributed by atoms with Crippen LogP contribution in [0.3, 0.4) is 0 Å². The van der Waals surface area contributed by atoms with Gasteiger partial charge in [0.05, 0.1) is 0 Å². The standard InChI is InChI=1S/ClH.In.4H2O.2H/h1H;;4*1H2;;/q;+1;;;;;;/p-1. The molecule has 0 fully saturated rings. The molecule has 0 bridgehead atoms. The van der Waals surface area contributed by atoms with E-state index < -0.39 is 0 Å². The van der Waals surface area contributed by atoms with Gasteiger partial charge in [0.1, 0.15) is 0 Å².